The smallest absolute Gasteiger partial charge is 0.272 e. The van der Waals surface area contributed by atoms with Crippen molar-refractivity contribution in [3.05, 3.63) is 23.5 Å². The molecule has 1 atom stereocenters. The first kappa shape index (κ1) is 10.6. The lowest BCUT2D eigenvalue weighted by Gasteiger charge is -2.10. The van der Waals surface area contributed by atoms with Crippen molar-refractivity contribution in [2.24, 2.45) is 5.73 Å². The molecule has 14 heavy (non-hydrogen) atoms. The highest BCUT2D eigenvalue weighted by Crippen LogP contribution is 1.97. The Morgan fingerprint density at radius 2 is 2.43 bits per heavy atom. The maximum Gasteiger partial charge on any atom is 0.272 e. The highest BCUT2D eigenvalue weighted by Gasteiger charge is 2.10. The highest BCUT2D eigenvalue weighted by molar-refractivity contribution is 5.92. The van der Waals surface area contributed by atoms with Crippen molar-refractivity contribution in [3.63, 3.8) is 0 Å². The van der Waals surface area contributed by atoms with Crippen LogP contribution in [0.25, 0.3) is 0 Å². The average molecular weight is 194 g/mol. The second-order valence-corrected chi connectivity index (χ2v) is 3.23. The van der Waals surface area contributed by atoms with Crippen LogP contribution in [0.15, 0.2) is 12.3 Å². The minimum absolute atomic E-state index is 0.0511. The summed E-state index contributed by atoms with van der Waals surface area (Å²) in [4.78, 5) is 11.5. The van der Waals surface area contributed by atoms with Crippen LogP contribution in [-0.4, -0.2) is 28.7 Å². The number of hydrogen-bond donors (Lipinski definition) is 2. The van der Waals surface area contributed by atoms with E-state index in [0.717, 1.165) is 5.56 Å². The number of nitrogens with one attached hydrogen (secondary N) is 1. The van der Waals surface area contributed by atoms with E-state index < -0.39 is 0 Å². The Morgan fingerprint density at radius 3 is 3.00 bits per heavy atom. The molecule has 1 rings (SSSR count). The molecule has 76 valence electrons. The minimum Gasteiger partial charge on any atom is -0.347 e. The molecule has 0 saturated heterocycles. The maximum atomic E-state index is 11.5. The number of carbonyl (C=O) groups excluding carboxylic acids is 1. The quantitative estimate of drug-likeness (QED) is 0.702. The molecule has 0 radical (unpaired) electrons. The van der Waals surface area contributed by atoms with Gasteiger partial charge >= 0.3 is 0 Å². The first-order valence-electron chi connectivity index (χ1n) is 4.43. The van der Waals surface area contributed by atoms with Crippen molar-refractivity contribution in [1.29, 1.82) is 0 Å². The van der Waals surface area contributed by atoms with Crippen molar-refractivity contribution in [2.45, 2.75) is 19.9 Å². The van der Waals surface area contributed by atoms with E-state index in [4.69, 9.17) is 5.73 Å². The summed E-state index contributed by atoms with van der Waals surface area (Å²) in [6, 6.07) is 1.63. The molecule has 0 fully saturated rings. The molecule has 0 aliphatic rings. The lowest BCUT2D eigenvalue weighted by atomic mass is 10.2. The summed E-state index contributed by atoms with van der Waals surface area (Å²) < 4.78 is 0. The zero-order valence-corrected chi connectivity index (χ0v) is 8.32. The first-order valence-corrected chi connectivity index (χ1v) is 4.43. The summed E-state index contributed by atoms with van der Waals surface area (Å²) in [7, 11) is 0. The van der Waals surface area contributed by atoms with Gasteiger partial charge in [-0.05, 0) is 25.5 Å². The molecule has 5 nitrogen and oxygen atoms in total. The van der Waals surface area contributed by atoms with Gasteiger partial charge in [-0.3, -0.25) is 4.79 Å². The fourth-order valence-electron chi connectivity index (χ4n) is 0.932. The van der Waals surface area contributed by atoms with Gasteiger partial charge in [-0.2, -0.15) is 5.10 Å². The van der Waals surface area contributed by atoms with Crippen molar-refractivity contribution in [3.8, 4) is 0 Å². The molecule has 0 bridgehead atoms. The Bertz CT molecular complexity index is 326. The summed E-state index contributed by atoms with van der Waals surface area (Å²) in [6.45, 7) is 4.10. The fourth-order valence-corrected chi connectivity index (χ4v) is 0.932. The topological polar surface area (TPSA) is 80.9 Å². The monoisotopic (exact) mass is 194 g/mol. The Labute approximate surface area is 82.7 Å². The molecule has 0 spiro atoms. The molecular weight excluding hydrogens is 180 g/mol. The zero-order valence-electron chi connectivity index (χ0n) is 8.32. The molecule has 0 saturated carbocycles. The van der Waals surface area contributed by atoms with Gasteiger partial charge < -0.3 is 11.1 Å². The number of rotatable bonds is 3. The molecule has 0 aliphatic carbocycles. The molecular formula is C9H14N4O. The largest absolute Gasteiger partial charge is 0.347 e. The van der Waals surface area contributed by atoms with Crippen LogP contribution >= 0.6 is 0 Å². The SMILES string of the molecule is Cc1cnnc(C(=O)NC(C)CN)c1. The van der Waals surface area contributed by atoms with Gasteiger partial charge in [0.05, 0.1) is 6.20 Å². The Morgan fingerprint density at radius 1 is 1.71 bits per heavy atom. The van der Waals surface area contributed by atoms with Gasteiger partial charge in [-0.25, -0.2) is 0 Å². The van der Waals surface area contributed by atoms with Crippen LogP contribution in [0.1, 0.15) is 23.0 Å². The number of nitrogens with two attached hydrogens (primary N) is 1. The van der Waals surface area contributed by atoms with Crippen LogP contribution in [0.5, 0.6) is 0 Å². The average Bonchev–Trinajstić information content (AvgIpc) is 2.17. The van der Waals surface area contributed by atoms with E-state index in [1.54, 1.807) is 12.3 Å². The van der Waals surface area contributed by atoms with E-state index >= 15 is 0 Å². The lowest BCUT2D eigenvalue weighted by molar-refractivity contribution is 0.0935. The summed E-state index contributed by atoms with van der Waals surface area (Å²) >= 11 is 0. The van der Waals surface area contributed by atoms with Crippen molar-refractivity contribution >= 4 is 5.91 Å². The van der Waals surface area contributed by atoms with Crippen molar-refractivity contribution in [1.82, 2.24) is 15.5 Å². The summed E-state index contributed by atoms with van der Waals surface area (Å²) in [5.41, 5.74) is 6.61. The van der Waals surface area contributed by atoms with Crippen LogP contribution in [0.3, 0.4) is 0 Å². The van der Waals surface area contributed by atoms with Gasteiger partial charge in [0.15, 0.2) is 5.69 Å². The van der Waals surface area contributed by atoms with Crippen LogP contribution in [0.4, 0.5) is 0 Å². The Kier molecular flexibility index (Phi) is 3.53. The highest BCUT2D eigenvalue weighted by atomic mass is 16.2. The zero-order chi connectivity index (χ0) is 10.6. The normalized spacial score (nSPS) is 12.2. The third kappa shape index (κ3) is 2.77. The van der Waals surface area contributed by atoms with Gasteiger partial charge in [-0.1, -0.05) is 0 Å². The standard InChI is InChI=1S/C9H14N4O/c1-6-3-8(13-11-5-6)9(14)12-7(2)4-10/h3,5,7H,4,10H2,1-2H3,(H,12,14). The number of hydrogen-bond acceptors (Lipinski definition) is 4. The van der Waals surface area contributed by atoms with Crippen LogP contribution < -0.4 is 11.1 Å². The third-order valence-corrected chi connectivity index (χ3v) is 1.75. The molecule has 0 aliphatic heterocycles. The molecule has 1 heterocycles. The number of aryl methyl sites for hydroxylation is 1. The molecule has 3 N–H and O–H groups in total. The molecule has 5 heteroatoms. The summed E-state index contributed by atoms with van der Waals surface area (Å²) in [5, 5.41) is 10.1. The van der Waals surface area contributed by atoms with Crippen LogP contribution in [0.2, 0.25) is 0 Å². The van der Waals surface area contributed by atoms with Crippen molar-refractivity contribution in [2.75, 3.05) is 6.54 Å². The second-order valence-electron chi connectivity index (χ2n) is 3.23. The number of nitrogens with zero attached hydrogens (tertiary/aromatic N) is 2. The minimum atomic E-state index is -0.237. The number of aromatic nitrogens is 2. The maximum absolute atomic E-state index is 11.5. The van der Waals surface area contributed by atoms with Gasteiger partial charge in [0.1, 0.15) is 0 Å². The van der Waals surface area contributed by atoms with E-state index in [1.165, 1.54) is 0 Å². The molecule has 1 aromatic heterocycles. The summed E-state index contributed by atoms with van der Waals surface area (Å²) in [6.07, 6.45) is 1.60. The molecule has 1 aromatic rings. The predicted octanol–water partition coefficient (Wildman–Crippen LogP) is -0.138. The third-order valence-electron chi connectivity index (χ3n) is 1.75. The Balaban J connectivity index is 2.70. The van der Waals surface area contributed by atoms with Gasteiger partial charge in [0.25, 0.3) is 5.91 Å². The van der Waals surface area contributed by atoms with Crippen LogP contribution in [-0.2, 0) is 0 Å². The lowest BCUT2D eigenvalue weighted by Crippen LogP contribution is -2.38. The number of amides is 1. The first-order chi connectivity index (χ1) is 6.63. The molecule has 0 aromatic carbocycles. The van der Waals surface area contributed by atoms with Crippen LogP contribution in [0, 0.1) is 6.92 Å². The van der Waals surface area contributed by atoms with Gasteiger partial charge in [0, 0.05) is 12.6 Å². The van der Waals surface area contributed by atoms with E-state index in [-0.39, 0.29) is 11.9 Å². The van der Waals surface area contributed by atoms with E-state index in [9.17, 15) is 4.79 Å². The van der Waals surface area contributed by atoms with Gasteiger partial charge in [0.2, 0.25) is 0 Å². The fraction of sp³-hybridized carbons (Fsp3) is 0.444. The molecule has 1 unspecified atom stereocenters. The Hall–Kier alpha value is -1.49. The summed E-state index contributed by atoms with van der Waals surface area (Å²) in [5.74, 6) is -0.237. The van der Waals surface area contributed by atoms with E-state index in [2.05, 4.69) is 15.5 Å². The molecule has 1 amide bonds. The van der Waals surface area contributed by atoms with Crippen molar-refractivity contribution < 1.29 is 4.79 Å². The predicted molar refractivity (Wildman–Crippen MR) is 52.8 cm³/mol. The van der Waals surface area contributed by atoms with E-state index in [0.29, 0.717) is 12.2 Å². The van der Waals surface area contributed by atoms with Gasteiger partial charge in [-0.15, -0.1) is 5.10 Å². The van der Waals surface area contributed by atoms with E-state index in [1.807, 2.05) is 13.8 Å². The second kappa shape index (κ2) is 4.66. The number of carbonyl (C=O) groups is 1.